The Bertz CT molecular complexity index is 990. The molecule has 0 fully saturated rings. The van der Waals surface area contributed by atoms with Crippen LogP contribution in [0.15, 0.2) is 54.7 Å². The molecule has 3 nitrogen and oxygen atoms in total. The van der Waals surface area contributed by atoms with Crippen LogP contribution in [0, 0.1) is 13.0 Å². The molecule has 30 heavy (non-hydrogen) atoms. The van der Waals surface area contributed by atoms with E-state index in [2.05, 4.69) is 68.2 Å². The van der Waals surface area contributed by atoms with Crippen LogP contribution in [0.3, 0.4) is 0 Å². The minimum atomic E-state index is -0.375. The maximum absolute atomic E-state index is 8.56. The molecule has 4 rings (SSSR count). The standard InChI is InChI=1S/C21H18N.C5H12O2.Ir/c1-14-11-12-22-19(13-14)17-9-6-8-16-15-7-4-5-10-18(15)21(2,3)20(16)17;1-4(6)3-5(2)7;/h4-8,10-13H,1-3H3;4-7H,3H2,1-2H3;/q-1;;. The molecule has 3 aromatic rings. The summed E-state index contributed by atoms with van der Waals surface area (Å²) >= 11 is 0. The van der Waals surface area contributed by atoms with E-state index in [1.165, 1.54) is 27.8 Å². The quantitative estimate of drug-likeness (QED) is 0.414. The molecule has 0 bridgehead atoms. The summed E-state index contributed by atoms with van der Waals surface area (Å²) in [7, 11) is 0. The molecule has 1 aliphatic rings. The number of rotatable bonds is 3. The molecule has 4 heteroatoms. The van der Waals surface area contributed by atoms with E-state index in [-0.39, 0.29) is 37.7 Å². The number of aryl methyl sites for hydroxylation is 1. The summed E-state index contributed by atoms with van der Waals surface area (Å²) < 4.78 is 0. The molecule has 1 aromatic heterocycles. The second kappa shape index (κ2) is 9.98. The third-order valence-corrected chi connectivity index (χ3v) is 5.37. The fourth-order valence-corrected chi connectivity index (χ4v) is 4.14. The molecule has 161 valence electrons. The molecule has 0 amide bonds. The average molecular weight is 581 g/mol. The van der Waals surface area contributed by atoms with Crippen LogP contribution in [-0.4, -0.2) is 27.4 Å². The Labute approximate surface area is 193 Å². The summed E-state index contributed by atoms with van der Waals surface area (Å²) in [6.45, 7) is 10.0. The number of hydrogen-bond acceptors (Lipinski definition) is 3. The Hall–Kier alpha value is -1.84. The smallest absolute Gasteiger partial charge is 0.0536 e. The van der Waals surface area contributed by atoms with Crippen molar-refractivity contribution in [3.05, 3.63) is 77.5 Å². The Kier molecular flexibility index (Phi) is 8.12. The fourth-order valence-electron chi connectivity index (χ4n) is 4.14. The largest absolute Gasteiger partial charge is 0.393 e. The molecule has 0 saturated carbocycles. The molecule has 2 unspecified atom stereocenters. The summed E-state index contributed by atoms with van der Waals surface area (Å²) in [5.74, 6) is 0. The topological polar surface area (TPSA) is 53.4 Å². The van der Waals surface area contributed by atoms with E-state index < -0.39 is 0 Å². The van der Waals surface area contributed by atoms with Gasteiger partial charge in [-0.15, -0.1) is 29.3 Å². The van der Waals surface area contributed by atoms with Crippen molar-refractivity contribution in [2.45, 2.75) is 58.7 Å². The second-order valence-corrected chi connectivity index (χ2v) is 8.46. The monoisotopic (exact) mass is 581 g/mol. The number of aliphatic hydroxyl groups is 2. The molecule has 1 heterocycles. The van der Waals surface area contributed by atoms with Gasteiger partial charge in [-0.05, 0) is 55.5 Å². The van der Waals surface area contributed by atoms with Crippen molar-refractivity contribution in [2.75, 3.05) is 0 Å². The first kappa shape index (κ1) is 24.4. The summed E-state index contributed by atoms with van der Waals surface area (Å²) in [5.41, 5.74) is 8.73. The van der Waals surface area contributed by atoms with Crippen molar-refractivity contribution in [2.24, 2.45) is 0 Å². The molecule has 0 saturated heterocycles. The van der Waals surface area contributed by atoms with Crippen molar-refractivity contribution in [1.82, 2.24) is 4.98 Å². The van der Waals surface area contributed by atoms with E-state index in [0.29, 0.717) is 6.42 Å². The Balaban J connectivity index is 0.000000350. The van der Waals surface area contributed by atoms with Gasteiger partial charge in [-0.1, -0.05) is 55.3 Å². The number of pyridine rings is 1. The fraction of sp³-hybridized carbons (Fsp3) is 0.346. The summed E-state index contributed by atoms with van der Waals surface area (Å²) in [6.07, 6.45) is 1.60. The van der Waals surface area contributed by atoms with Crippen LogP contribution >= 0.6 is 0 Å². The van der Waals surface area contributed by atoms with E-state index in [9.17, 15) is 0 Å². The van der Waals surface area contributed by atoms with Gasteiger partial charge in [-0.3, -0.25) is 0 Å². The molecule has 1 radical (unpaired) electrons. The zero-order valence-electron chi connectivity index (χ0n) is 18.2. The molecule has 2 N–H and O–H groups in total. The zero-order valence-corrected chi connectivity index (χ0v) is 20.6. The van der Waals surface area contributed by atoms with Crippen LogP contribution in [0.25, 0.3) is 22.4 Å². The minimum absolute atomic E-state index is 0. The molecular formula is C26H30IrNO2-. The summed E-state index contributed by atoms with van der Waals surface area (Å²) in [6, 6.07) is 20.5. The van der Waals surface area contributed by atoms with Crippen LogP contribution in [0.4, 0.5) is 0 Å². The summed E-state index contributed by atoms with van der Waals surface area (Å²) in [4.78, 5) is 4.58. The molecular weight excluding hydrogens is 551 g/mol. The van der Waals surface area contributed by atoms with Gasteiger partial charge in [0, 0.05) is 26.3 Å². The number of benzene rings is 2. The van der Waals surface area contributed by atoms with Crippen molar-refractivity contribution in [3.8, 4) is 22.4 Å². The Morgan fingerprint density at radius 3 is 2.27 bits per heavy atom. The van der Waals surface area contributed by atoms with Crippen LogP contribution in [0.2, 0.25) is 0 Å². The number of fused-ring (bicyclic) bond motifs is 3. The van der Waals surface area contributed by atoms with Gasteiger partial charge in [0.15, 0.2) is 0 Å². The first-order chi connectivity index (χ1) is 13.7. The molecule has 0 spiro atoms. The van der Waals surface area contributed by atoms with E-state index in [4.69, 9.17) is 10.2 Å². The molecule has 2 atom stereocenters. The van der Waals surface area contributed by atoms with Gasteiger partial charge in [-0.2, -0.15) is 0 Å². The van der Waals surface area contributed by atoms with Gasteiger partial charge in [0.1, 0.15) is 0 Å². The predicted molar refractivity (Wildman–Crippen MR) is 119 cm³/mol. The normalized spacial score (nSPS) is 15.0. The van der Waals surface area contributed by atoms with E-state index in [1.807, 2.05) is 18.3 Å². The first-order valence-electron chi connectivity index (χ1n) is 10.2. The SMILES string of the molecule is CC(O)CC(C)O.Cc1ccnc(-c2[c-]ccc3c2C(C)(C)c2ccccc2-3)c1.[Ir]. The van der Waals surface area contributed by atoms with Crippen LogP contribution < -0.4 is 0 Å². The van der Waals surface area contributed by atoms with Crippen LogP contribution in [0.5, 0.6) is 0 Å². The van der Waals surface area contributed by atoms with E-state index in [1.54, 1.807) is 13.8 Å². The van der Waals surface area contributed by atoms with Crippen molar-refractivity contribution >= 4 is 0 Å². The Morgan fingerprint density at radius 1 is 1.00 bits per heavy atom. The average Bonchev–Trinajstić information content (AvgIpc) is 2.89. The van der Waals surface area contributed by atoms with E-state index in [0.717, 1.165) is 11.3 Å². The molecule has 0 aliphatic heterocycles. The zero-order chi connectivity index (χ0) is 21.2. The first-order valence-corrected chi connectivity index (χ1v) is 10.2. The summed E-state index contributed by atoms with van der Waals surface area (Å²) in [5, 5.41) is 17.1. The maximum atomic E-state index is 8.56. The van der Waals surface area contributed by atoms with Crippen molar-refractivity contribution in [1.29, 1.82) is 0 Å². The predicted octanol–water partition coefficient (Wildman–Crippen LogP) is 5.30. The Morgan fingerprint density at radius 2 is 1.67 bits per heavy atom. The number of aromatic nitrogens is 1. The number of aliphatic hydroxyl groups excluding tert-OH is 2. The third-order valence-electron chi connectivity index (χ3n) is 5.37. The second-order valence-electron chi connectivity index (χ2n) is 8.46. The molecule has 1 aliphatic carbocycles. The van der Waals surface area contributed by atoms with Gasteiger partial charge >= 0.3 is 0 Å². The molecule has 2 aromatic carbocycles. The number of nitrogens with zero attached hydrogens (tertiary/aromatic N) is 1. The van der Waals surface area contributed by atoms with Crippen molar-refractivity contribution in [3.63, 3.8) is 0 Å². The maximum Gasteiger partial charge on any atom is 0.0536 e. The minimum Gasteiger partial charge on any atom is -0.393 e. The van der Waals surface area contributed by atoms with Gasteiger partial charge in [0.2, 0.25) is 0 Å². The van der Waals surface area contributed by atoms with Gasteiger partial charge < -0.3 is 15.2 Å². The van der Waals surface area contributed by atoms with Gasteiger partial charge in [0.05, 0.1) is 12.2 Å². The van der Waals surface area contributed by atoms with E-state index >= 15 is 0 Å². The number of hydrogen-bond donors (Lipinski definition) is 2. The van der Waals surface area contributed by atoms with Crippen LogP contribution in [-0.2, 0) is 25.5 Å². The van der Waals surface area contributed by atoms with Crippen molar-refractivity contribution < 1.29 is 30.3 Å². The third kappa shape index (κ3) is 5.07. The van der Waals surface area contributed by atoms with Gasteiger partial charge in [-0.25, -0.2) is 0 Å². The van der Waals surface area contributed by atoms with Crippen LogP contribution in [0.1, 0.15) is 50.8 Å². The van der Waals surface area contributed by atoms with Gasteiger partial charge in [0.25, 0.3) is 0 Å².